The molecule has 0 saturated heterocycles. The highest BCUT2D eigenvalue weighted by Gasteiger charge is 2.12. The van der Waals surface area contributed by atoms with Crippen molar-refractivity contribution in [3.8, 4) is 0 Å². The number of imidazole rings is 1. The highest BCUT2D eigenvalue weighted by Crippen LogP contribution is 2.12. The van der Waals surface area contributed by atoms with Crippen molar-refractivity contribution in [2.45, 2.75) is 37.3 Å². The largest absolute Gasteiger partial charge is 0.481 e. The summed E-state index contributed by atoms with van der Waals surface area (Å²) in [7, 11) is 1.36. The molecule has 0 aliphatic heterocycles. The average Bonchev–Trinajstić information content (AvgIpc) is 2.64. The highest BCUT2D eigenvalue weighted by molar-refractivity contribution is 8.13. The minimum absolute atomic E-state index is 0.158. The van der Waals surface area contributed by atoms with Gasteiger partial charge >= 0.3 is 5.97 Å². The van der Waals surface area contributed by atoms with Crippen LogP contribution < -0.4 is 0 Å². The number of aliphatic carboxylic acids is 1. The van der Waals surface area contributed by atoms with Crippen LogP contribution in [-0.4, -0.2) is 29.0 Å². The van der Waals surface area contributed by atoms with Gasteiger partial charge in [-0.2, -0.15) is 0 Å². The number of rotatable bonds is 7. The van der Waals surface area contributed by atoms with E-state index in [-0.39, 0.29) is 11.4 Å². The lowest BCUT2D eigenvalue weighted by Gasteiger charge is -2.00. The fraction of sp³-hybridized carbons (Fsp3) is 0.556. The number of hydrogen-bond donors (Lipinski definition) is 1. The lowest BCUT2D eigenvalue weighted by molar-refractivity contribution is -0.137. The van der Waals surface area contributed by atoms with Crippen LogP contribution in [0.15, 0.2) is 17.6 Å². The number of hydrogen-bond acceptors (Lipinski definition) is 4. The smallest absolute Gasteiger partial charge is 0.303 e. The fourth-order valence-electron chi connectivity index (χ4n) is 1.34. The molecule has 0 amide bonds. The molecule has 0 atom stereocenters. The SMILES string of the molecule is O=C(O)CCCCCn1cnc(S(=O)(=O)Cl)c1. The molecular formula is C9H13ClN2O4S. The standard InChI is InChI=1S/C9H13ClN2O4S/c10-17(15,16)8-6-12(7-11-8)5-3-1-2-4-9(13)14/h6-7H,1-5H2,(H,13,14). The van der Waals surface area contributed by atoms with E-state index in [0.717, 1.165) is 12.8 Å². The number of aryl methyl sites for hydroxylation is 1. The Kier molecular flexibility index (Phi) is 4.95. The van der Waals surface area contributed by atoms with Gasteiger partial charge in [0.15, 0.2) is 5.03 Å². The molecule has 1 heterocycles. The first-order chi connectivity index (χ1) is 7.89. The third-order valence-electron chi connectivity index (χ3n) is 2.17. The summed E-state index contributed by atoms with van der Waals surface area (Å²) in [6.07, 6.45) is 5.07. The number of aromatic nitrogens is 2. The van der Waals surface area contributed by atoms with E-state index >= 15 is 0 Å². The quantitative estimate of drug-likeness (QED) is 0.603. The second kappa shape index (κ2) is 6.02. The first-order valence-electron chi connectivity index (χ1n) is 5.08. The lowest BCUT2D eigenvalue weighted by Crippen LogP contribution is -1.97. The van der Waals surface area contributed by atoms with Gasteiger partial charge in [0.2, 0.25) is 0 Å². The van der Waals surface area contributed by atoms with Crippen LogP contribution in [0, 0.1) is 0 Å². The molecule has 8 heteroatoms. The van der Waals surface area contributed by atoms with Gasteiger partial charge in [-0.25, -0.2) is 13.4 Å². The van der Waals surface area contributed by atoms with Crippen LogP contribution in [0.25, 0.3) is 0 Å². The molecule has 0 aliphatic rings. The molecule has 17 heavy (non-hydrogen) atoms. The molecule has 0 aliphatic carbocycles. The van der Waals surface area contributed by atoms with Gasteiger partial charge in [0, 0.05) is 29.8 Å². The number of unbranched alkanes of at least 4 members (excludes halogenated alkanes) is 2. The summed E-state index contributed by atoms with van der Waals surface area (Å²) in [5, 5.41) is 8.26. The van der Waals surface area contributed by atoms with E-state index in [1.54, 1.807) is 4.57 Å². The number of nitrogens with zero attached hydrogens (tertiary/aromatic N) is 2. The Morgan fingerprint density at radius 1 is 1.41 bits per heavy atom. The maximum Gasteiger partial charge on any atom is 0.303 e. The first-order valence-corrected chi connectivity index (χ1v) is 7.39. The van der Waals surface area contributed by atoms with E-state index in [0.29, 0.717) is 13.0 Å². The van der Waals surface area contributed by atoms with Crippen molar-refractivity contribution in [2.24, 2.45) is 0 Å². The van der Waals surface area contributed by atoms with Gasteiger partial charge in [0.05, 0.1) is 6.33 Å². The summed E-state index contributed by atoms with van der Waals surface area (Å²) in [5.41, 5.74) is 0. The molecule has 96 valence electrons. The molecule has 0 saturated carbocycles. The monoisotopic (exact) mass is 280 g/mol. The van der Waals surface area contributed by atoms with E-state index in [9.17, 15) is 13.2 Å². The molecular weight excluding hydrogens is 268 g/mol. The third-order valence-corrected chi connectivity index (χ3v) is 3.35. The molecule has 1 aromatic heterocycles. The zero-order valence-electron chi connectivity index (χ0n) is 9.04. The zero-order chi connectivity index (χ0) is 12.9. The number of carboxylic acid groups (broad SMARTS) is 1. The van der Waals surface area contributed by atoms with E-state index < -0.39 is 15.0 Å². The minimum atomic E-state index is -3.77. The van der Waals surface area contributed by atoms with E-state index in [1.165, 1.54) is 12.5 Å². The topological polar surface area (TPSA) is 89.3 Å². The van der Waals surface area contributed by atoms with E-state index in [1.807, 2.05) is 0 Å². The number of carbonyl (C=O) groups is 1. The summed E-state index contributed by atoms with van der Waals surface area (Å²) in [6, 6.07) is 0. The first kappa shape index (κ1) is 14.0. The maximum atomic E-state index is 10.9. The van der Waals surface area contributed by atoms with E-state index in [2.05, 4.69) is 4.98 Å². The molecule has 0 radical (unpaired) electrons. The molecule has 1 rings (SSSR count). The summed E-state index contributed by atoms with van der Waals surface area (Å²) >= 11 is 0. The van der Waals surface area contributed by atoms with Crippen LogP contribution in [0.1, 0.15) is 25.7 Å². The van der Waals surface area contributed by atoms with Crippen molar-refractivity contribution in [2.75, 3.05) is 0 Å². The molecule has 1 aromatic rings. The molecule has 0 spiro atoms. The molecule has 0 aromatic carbocycles. The Labute approximate surface area is 104 Å². The van der Waals surface area contributed by atoms with Gasteiger partial charge in [-0.15, -0.1) is 0 Å². The Bertz CT molecular complexity index is 483. The predicted molar refractivity (Wildman–Crippen MR) is 61.4 cm³/mol. The van der Waals surface area contributed by atoms with Crippen molar-refractivity contribution in [3.63, 3.8) is 0 Å². The number of carboxylic acids is 1. The van der Waals surface area contributed by atoms with Crippen LogP contribution in [-0.2, 0) is 20.4 Å². The van der Waals surface area contributed by atoms with Crippen molar-refractivity contribution < 1.29 is 18.3 Å². The van der Waals surface area contributed by atoms with Crippen molar-refractivity contribution in [1.29, 1.82) is 0 Å². The van der Waals surface area contributed by atoms with Crippen LogP contribution >= 0.6 is 10.7 Å². The van der Waals surface area contributed by atoms with Crippen molar-refractivity contribution in [1.82, 2.24) is 9.55 Å². The van der Waals surface area contributed by atoms with Crippen LogP contribution in [0.2, 0.25) is 0 Å². The van der Waals surface area contributed by atoms with Gasteiger partial charge in [0.25, 0.3) is 9.05 Å². The van der Waals surface area contributed by atoms with Crippen molar-refractivity contribution >= 4 is 25.7 Å². The van der Waals surface area contributed by atoms with Gasteiger partial charge in [-0.3, -0.25) is 4.79 Å². The lowest BCUT2D eigenvalue weighted by atomic mass is 10.2. The second-order valence-electron chi connectivity index (χ2n) is 3.59. The van der Waals surface area contributed by atoms with Gasteiger partial charge in [-0.1, -0.05) is 6.42 Å². The Hall–Kier alpha value is -1.08. The summed E-state index contributed by atoms with van der Waals surface area (Å²) in [5.74, 6) is -0.803. The maximum absolute atomic E-state index is 10.9. The molecule has 0 fully saturated rings. The predicted octanol–water partition coefficient (Wildman–Crippen LogP) is 1.46. The van der Waals surface area contributed by atoms with Crippen LogP contribution in [0.4, 0.5) is 0 Å². The molecule has 6 nitrogen and oxygen atoms in total. The highest BCUT2D eigenvalue weighted by atomic mass is 35.7. The van der Waals surface area contributed by atoms with E-state index in [4.69, 9.17) is 15.8 Å². The van der Waals surface area contributed by atoms with Crippen molar-refractivity contribution in [3.05, 3.63) is 12.5 Å². The second-order valence-corrected chi connectivity index (χ2v) is 6.10. The normalized spacial score (nSPS) is 11.6. The Balaban J connectivity index is 2.33. The summed E-state index contributed by atoms with van der Waals surface area (Å²) in [6.45, 7) is 0.596. The minimum Gasteiger partial charge on any atom is -0.481 e. The zero-order valence-corrected chi connectivity index (χ0v) is 10.6. The fourth-order valence-corrected chi connectivity index (χ4v) is 2.01. The van der Waals surface area contributed by atoms with Gasteiger partial charge < -0.3 is 9.67 Å². The Morgan fingerprint density at radius 3 is 2.65 bits per heavy atom. The Morgan fingerprint density at radius 2 is 2.12 bits per heavy atom. The number of halogens is 1. The summed E-state index contributed by atoms with van der Waals surface area (Å²) < 4.78 is 23.5. The molecule has 0 unspecified atom stereocenters. The summed E-state index contributed by atoms with van der Waals surface area (Å²) in [4.78, 5) is 13.9. The van der Waals surface area contributed by atoms with Crippen LogP contribution in [0.5, 0.6) is 0 Å². The van der Waals surface area contributed by atoms with Crippen LogP contribution in [0.3, 0.4) is 0 Å². The third kappa shape index (κ3) is 5.18. The molecule has 1 N–H and O–H groups in total. The molecule has 0 bridgehead atoms. The average molecular weight is 281 g/mol. The van der Waals surface area contributed by atoms with Gasteiger partial charge in [-0.05, 0) is 12.8 Å². The van der Waals surface area contributed by atoms with Gasteiger partial charge in [0.1, 0.15) is 0 Å².